The Balaban J connectivity index is 2.15. The second kappa shape index (κ2) is 7.98. The van der Waals surface area contributed by atoms with Gasteiger partial charge in [0.1, 0.15) is 11.6 Å². The van der Waals surface area contributed by atoms with E-state index < -0.39 is 29.2 Å². The van der Waals surface area contributed by atoms with E-state index in [0.717, 1.165) is 23.8 Å². The summed E-state index contributed by atoms with van der Waals surface area (Å²) in [7, 11) is 0. The second-order valence-electron chi connectivity index (χ2n) is 7.81. The van der Waals surface area contributed by atoms with Gasteiger partial charge in [0.15, 0.2) is 11.6 Å². The van der Waals surface area contributed by atoms with Crippen molar-refractivity contribution in [3.63, 3.8) is 0 Å². The zero-order valence-electron chi connectivity index (χ0n) is 16.4. The molecule has 0 radical (unpaired) electrons. The molecule has 152 valence electrons. The standard InChI is InChI=1S/C21H22F2N4O2/c1-21(2,3)17(24-20(28)29)19-25-18(15-11-14(22)9-10-16(15)23)26-27(19)12-13-7-5-4-6-8-13/h4-11,17,24H,12H2,1-3H3,(H,28,29). The van der Waals surface area contributed by atoms with Gasteiger partial charge in [0, 0.05) is 0 Å². The lowest BCUT2D eigenvalue weighted by Gasteiger charge is -2.29. The number of benzene rings is 2. The van der Waals surface area contributed by atoms with Crippen molar-refractivity contribution in [3.05, 3.63) is 71.6 Å². The molecule has 0 aliphatic carbocycles. The van der Waals surface area contributed by atoms with E-state index in [9.17, 15) is 18.7 Å². The van der Waals surface area contributed by atoms with Gasteiger partial charge in [-0.05, 0) is 29.2 Å². The van der Waals surface area contributed by atoms with E-state index >= 15 is 0 Å². The number of halogens is 2. The first-order valence-electron chi connectivity index (χ1n) is 9.08. The average molecular weight is 400 g/mol. The summed E-state index contributed by atoms with van der Waals surface area (Å²) in [6.45, 7) is 5.88. The molecule has 1 heterocycles. The van der Waals surface area contributed by atoms with Crippen LogP contribution >= 0.6 is 0 Å². The third-order valence-corrected chi connectivity index (χ3v) is 4.44. The predicted molar refractivity (Wildman–Crippen MR) is 104 cm³/mol. The fraction of sp³-hybridized carbons (Fsp3) is 0.286. The van der Waals surface area contributed by atoms with E-state index in [1.54, 1.807) is 0 Å². The van der Waals surface area contributed by atoms with Crippen LogP contribution in [0.4, 0.5) is 13.6 Å². The largest absolute Gasteiger partial charge is 0.465 e. The zero-order chi connectivity index (χ0) is 21.2. The summed E-state index contributed by atoms with van der Waals surface area (Å²) in [4.78, 5) is 15.8. The number of carboxylic acid groups (broad SMARTS) is 1. The van der Waals surface area contributed by atoms with Gasteiger partial charge >= 0.3 is 6.09 Å². The molecule has 0 spiro atoms. The monoisotopic (exact) mass is 400 g/mol. The molecule has 1 aromatic heterocycles. The summed E-state index contributed by atoms with van der Waals surface area (Å²) in [5, 5.41) is 16.2. The van der Waals surface area contributed by atoms with E-state index in [4.69, 9.17) is 0 Å². The Bertz CT molecular complexity index is 1010. The Morgan fingerprint density at radius 1 is 1.17 bits per heavy atom. The molecule has 0 saturated carbocycles. The van der Waals surface area contributed by atoms with Gasteiger partial charge in [-0.3, -0.25) is 0 Å². The molecule has 0 aliphatic heterocycles. The van der Waals surface area contributed by atoms with Crippen LogP contribution in [0, 0.1) is 17.0 Å². The smallest absolute Gasteiger partial charge is 0.405 e. The van der Waals surface area contributed by atoms with Crippen LogP contribution in [0.1, 0.15) is 38.2 Å². The van der Waals surface area contributed by atoms with Gasteiger partial charge in [-0.2, -0.15) is 5.10 Å². The number of amides is 1. The number of nitrogens with one attached hydrogen (secondary N) is 1. The maximum absolute atomic E-state index is 14.3. The lowest BCUT2D eigenvalue weighted by Crippen LogP contribution is -2.37. The van der Waals surface area contributed by atoms with E-state index in [-0.39, 0.29) is 11.4 Å². The molecule has 3 aromatic rings. The summed E-state index contributed by atoms with van der Waals surface area (Å²) in [6, 6.07) is 11.7. The third kappa shape index (κ3) is 4.77. The highest BCUT2D eigenvalue weighted by atomic mass is 19.1. The molecule has 1 atom stereocenters. The van der Waals surface area contributed by atoms with Crippen molar-refractivity contribution in [2.45, 2.75) is 33.4 Å². The van der Waals surface area contributed by atoms with Gasteiger partial charge in [0.2, 0.25) is 0 Å². The summed E-state index contributed by atoms with van der Waals surface area (Å²) in [6.07, 6.45) is -1.21. The van der Waals surface area contributed by atoms with E-state index in [1.807, 2.05) is 51.1 Å². The van der Waals surface area contributed by atoms with Gasteiger partial charge in [-0.1, -0.05) is 51.1 Å². The summed E-state index contributed by atoms with van der Waals surface area (Å²) in [5.41, 5.74) is 0.284. The van der Waals surface area contributed by atoms with Crippen molar-refractivity contribution >= 4 is 6.09 Å². The second-order valence-corrected chi connectivity index (χ2v) is 7.81. The lowest BCUT2D eigenvalue weighted by atomic mass is 9.86. The van der Waals surface area contributed by atoms with Crippen molar-refractivity contribution in [2.24, 2.45) is 5.41 Å². The predicted octanol–water partition coefficient (Wildman–Crippen LogP) is 4.63. The quantitative estimate of drug-likeness (QED) is 0.655. The molecule has 2 aromatic carbocycles. The topological polar surface area (TPSA) is 80.0 Å². The Labute approximate surface area is 167 Å². The van der Waals surface area contributed by atoms with Crippen molar-refractivity contribution in [1.29, 1.82) is 0 Å². The molecule has 0 saturated heterocycles. The molecular weight excluding hydrogens is 378 g/mol. The zero-order valence-corrected chi connectivity index (χ0v) is 16.4. The SMILES string of the molecule is CC(C)(C)C(NC(=O)O)c1nc(-c2cc(F)ccc2F)nn1Cc1ccccc1. The first-order chi connectivity index (χ1) is 13.6. The maximum atomic E-state index is 14.3. The van der Waals surface area contributed by atoms with Gasteiger partial charge < -0.3 is 10.4 Å². The first kappa shape index (κ1) is 20.4. The Morgan fingerprint density at radius 2 is 1.86 bits per heavy atom. The summed E-state index contributed by atoms with van der Waals surface area (Å²) >= 11 is 0. The minimum absolute atomic E-state index is 0.00521. The minimum Gasteiger partial charge on any atom is -0.465 e. The third-order valence-electron chi connectivity index (χ3n) is 4.44. The fourth-order valence-electron chi connectivity index (χ4n) is 3.02. The van der Waals surface area contributed by atoms with Gasteiger partial charge in [-0.25, -0.2) is 23.2 Å². The number of hydrogen-bond donors (Lipinski definition) is 2. The molecule has 1 unspecified atom stereocenters. The first-order valence-corrected chi connectivity index (χ1v) is 9.08. The number of rotatable bonds is 5. The lowest BCUT2D eigenvalue weighted by molar-refractivity contribution is 0.171. The average Bonchev–Trinajstić information content (AvgIpc) is 3.04. The van der Waals surface area contributed by atoms with Crippen LogP contribution in [0.3, 0.4) is 0 Å². The van der Waals surface area contributed by atoms with E-state index in [2.05, 4.69) is 15.4 Å². The van der Waals surface area contributed by atoms with Crippen molar-refractivity contribution in [2.75, 3.05) is 0 Å². The summed E-state index contributed by atoms with van der Waals surface area (Å²) in [5.74, 6) is -0.955. The maximum Gasteiger partial charge on any atom is 0.405 e. The van der Waals surface area contributed by atoms with Crippen LogP contribution in [0.5, 0.6) is 0 Å². The van der Waals surface area contributed by atoms with Gasteiger partial charge in [0.25, 0.3) is 0 Å². The molecule has 0 fully saturated rings. The molecule has 3 rings (SSSR count). The number of hydrogen-bond acceptors (Lipinski definition) is 3. The molecule has 0 aliphatic rings. The van der Waals surface area contributed by atoms with Crippen LogP contribution in [0.2, 0.25) is 0 Å². The van der Waals surface area contributed by atoms with Crippen LogP contribution in [-0.2, 0) is 6.54 Å². The normalized spacial score (nSPS) is 12.6. The minimum atomic E-state index is -1.21. The molecular formula is C21H22F2N4O2. The van der Waals surface area contributed by atoms with Crippen molar-refractivity contribution in [3.8, 4) is 11.4 Å². The molecule has 2 N–H and O–H groups in total. The highest BCUT2D eigenvalue weighted by Gasteiger charge is 2.33. The highest BCUT2D eigenvalue weighted by Crippen LogP contribution is 2.33. The van der Waals surface area contributed by atoms with E-state index in [0.29, 0.717) is 12.4 Å². The number of carbonyl (C=O) groups is 1. The highest BCUT2D eigenvalue weighted by molar-refractivity contribution is 5.65. The van der Waals surface area contributed by atoms with Crippen LogP contribution < -0.4 is 5.32 Å². The fourth-order valence-corrected chi connectivity index (χ4v) is 3.02. The molecule has 29 heavy (non-hydrogen) atoms. The Morgan fingerprint density at radius 3 is 2.48 bits per heavy atom. The molecule has 6 nitrogen and oxygen atoms in total. The number of aromatic nitrogens is 3. The van der Waals surface area contributed by atoms with Crippen LogP contribution in [0.25, 0.3) is 11.4 Å². The molecule has 0 bridgehead atoms. The van der Waals surface area contributed by atoms with Crippen LogP contribution in [0.15, 0.2) is 48.5 Å². The number of nitrogens with zero attached hydrogens (tertiary/aromatic N) is 3. The molecule has 1 amide bonds. The van der Waals surface area contributed by atoms with Crippen molar-refractivity contribution < 1.29 is 18.7 Å². The Hall–Kier alpha value is -3.29. The van der Waals surface area contributed by atoms with Crippen LogP contribution in [-0.4, -0.2) is 26.0 Å². The summed E-state index contributed by atoms with van der Waals surface area (Å²) < 4.78 is 29.5. The molecule has 8 heteroatoms. The van der Waals surface area contributed by atoms with Crippen molar-refractivity contribution in [1.82, 2.24) is 20.1 Å². The Kier molecular flexibility index (Phi) is 5.63. The van der Waals surface area contributed by atoms with Gasteiger partial charge in [-0.15, -0.1) is 0 Å². The van der Waals surface area contributed by atoms with Gasteiger partial charge in [0.05, 0.1) is 18.2 Å². The van der Waals surface area contributed by atoms with E-state index in [1.165, 1.54) is 4.68 Å².